The molecule has 0 atom stereocenters. The van der Waals surface area contributed by atoms with Crippen molar-refractivity contribution in [3.63, 3.8) is 0 Å². The van der Waals surface area contributed by atoms with Crippen LogP contribution in [0, 0.1) is 13.8 Å². The van der Waals surface area contributed by atoms with Crippen LogP contribution in [0.15, 0.2) is 12.1 Å². The van der Waals surface area contributed by atoms with Gasteiger partial charge in [-0.1, -0.05) is 0 Å². The summed E-state index contributed by atoms with van der Waals surface area (Å²) in [6.45, 7) is 3.25. The van der Waals surface area contributed by atoms with E-state index in [1.54, 1.807) is 12.1 Å². The van der Waals surface area contributed by atoms with Crippen molar-refractivity contribution < 1.29 is 24.2 Å². The van der Waals surface area contributed by atoms with Crippen LogP contribution in [0.3, 0.4) is 0 Å². The average molecular weight is 263 g/mol. The predicted octanol–water partition coefficient (Wildman–Crippen LogP) is 1.00. The fraction of sp³-hybridized carbons (Fsp3) is 0.308. The molecule has 0 radical (unpaired) electrons. The molecule has 1 aromatic rings. The van der Waals surface area contributed by atoms with Crippen molar-refractivity contribution in [1.29, 1.82) is 0 Å². The molecule has 1 aliphatic heterocycles. The third-order valence-corrected chi connectivity index (χ3v) is 3.05. The van der Waals surface area contributed by atoms with Crippen LogP contribution >= 0.6 is 0 Å². The van der Waals surface area contributed by atoms with E-state index in [2.05, 4.69) is 9.78 Å². The first-order valence-electron chi connectivity index (χ1n) is 5.66. The molecular weight excluding hydrogens is 250 g/mol. The maximum Gasteiger partial charge on any atom is 0.362 e. The Morgan fingerprint density at radius 3 is 2.00 bits per heavy atom. The molecule has 0 saturated heterocycles. The second-order valence-electron chi connectivity index (χ2n) is 4.30. The van der Waals surface area contributed by atoms with E-state index in [0.717, 1.165) is 16.0 Å². The molecule has 0 bridgehead atoms. The highest BCUT2D eigenvalue weighted by Gasteiger charge is 2.37. The van der Waals surface area contributed by atoms with E-state index in [9.17, 15) is 14.4 Å². The molecule has 0 aromatic heterocycles. The molecule has 0 unspecified atom stereocenters. The van der Waals surface area contributed by atoms with E-state index in [0.29, 0.717) is 11.1 Å². The summed E-state index contributed by atoms with van der Waals surface area (Å²) in [5, 5.41) is 0. The number of carbonyl (C=O) groups is 3. The first kappa shape index (κ1) is 13.2. The maximum absolute atomic E-state index is 12.1. The maximum atomic E-state index is 12.1. The smallest absolute Gasteiger partial charge is 0.297 e. The van der Waals surface area contributed by atoms with Gasteiger partial charge in [-0.3, -0.25) is 19.4 Å². The fourth-order valence-corrected chi connectivity index (χ4v) is 1.95. The van der Waals surface area contributed by atoms with Gasteiger partial charge >= 0.3 is 5.97 Å². The Hall–Kier alpha value is -2.21. The summed E-state index contributed by atoms with van der Waals surface area (Å²) in [6, 6.07) is 3.32. The summed E-state index contributed by atoms with van der Waals surface area (Å²) in [5.41, 5.74) is 2.47. The Labute approximate surface area is 109 Å². The van der Waals surface area contributed by atoms with Gasteiger partial charge in [0.15, 0.2) is 0 Å². The Morgan fingerprint density at radius 2 is 1.58 bits per heavy atom. The topological polar surface area (TPSA) is 72.9 Å². The normalized spacial score (nSPS) is 13.7. The summed E-state index contributed by atoms with van der Waals surface area (Å²) in [6.07, 6.45) is 0. The summed E-state index contributed by atoms with van der Waals surface area (Å²) in [4.78, 5) is 44.7. The Kier molecular flexibility index (Phi) is 3.35. The zero-order valence-corrected chi connectivity index (χ0v) is 10.9. The third kappa shape index (κ3) is 2.22. The number of hydrogen-bond acceptors (Lipinski definition) is 5. The monoisotopic (exact) mass is 263 g/mol. The lowest BCUT2D eigenvalue weighted by atomic mass is 10.0. The molecule has 0 spiro atoms. The number of benzene rings is 1. The van der Waals surface area contributed by atoms with Crippen molar-refractivity contribution in [2.75, 3.05) is 13.7 Å². The standard InChI is InChI=1S/C13H13NO5/c1-7-4-9-10(5-8(7)2)13(17)14(12(9)16)6-11(15)19-18-3/h4-5H,6H2,1-3H3. The molecule has 6 nitrogen and oxygen atoms in total. The molecular formula is C13H13NO5. The molecule has 1 heterocycles. The summed E-state index contributed by atoms with van der Waals surface area (Å²) in [7, 11) is 1.17. The van der Waals surface area contributed by atoms with Gasteiger partial charge in [-0.05, 0) is 37.1 Å². The number of nitrogens with zero attached hydrogens (tertiary/aromatic N) is 1. The quantitative estimate of drug-likeness (QED) is 0.462. The Balaban J connectivity index is 2.31. The fourth-order valence-electron chi connectivity index (χ4n) is 1.95. The van der Waals surface area contributed by atoms with Crippen LogP contribution in [0.1, 0.15) is 31.8 Å². The summed E-state index contributed by atoms with van der Waals surface area (Å²) in [5.74, 6) is -1.78. The second-order valence-corrected chi connectivity index (χ2v) is 4.30. The van der Waals surface area contributed by atoms with Crippen molar-refractivity contribution in [3.8, 4) is 0 Å². The van der Waals surface area contributed by atoms with Crippen LogP contribution in [0.5, 0.6) is 0 Å². The molecule has 2 amide bonds. The largest absolute Gasteiger partial charge is 0.362 e. The number of rotatable bonds is 3. The molecule has 100 valence electrons. The van der Waals surface area contributed by atoms with Gasteiger partial charge in [0, 0.05) is 0 Å². The van der Waals surface area contributed by atoms with E-state index in [-0.39, 0.29) is 0 Å². The minimum absolute atomic E-state index is 0.318. The SMILES string of the molecule is COOC(=O)CN1C(=O)c2cc(C)c(C)cc2C1=O. The van der Waals surface area contributed by atoms with E-state index >= 15 is 0 Å². The minimum Gasteiger partial charge on any atom is -0.297 e. The van der Waals surface area contributed by atoms with Gasteiger partial charge in [-0.25, -0.2) is 4.79 Å². The number of hydrogen-bond donors (Lipinski definition) is 0. The van der Waals surface area contributed by atoms with Crippen LogP contribution in [0.25, 0.3) is 0 Å². The number of carbonyl (C=O) groups excluding carboxylic acids is 3. The van der Waals surface area contributed by atoms with Gasteiger partial charge in [0.1, 0.15) is 6.54 Å². The van der Waals surface area contributed by atoms with Crippen molar-refractivity contribution in [2.24, 2.45) is 0 Å². The number of aryl methyl sites for hydroxylation is 2. The van der Waals surface area contributed by atoms with Crippen LogP contribution in [0.4, 0.5) is 0 Å². The van der Waals surface area contributed by atoms with Gasteiger partial charge in [0.25, 0.3) is 11.8 Å². The molecule has 2 rings (SSSR count). The Bertz CT molecular complexity index is 538. The zero-order chi connectivity index (χ0) is 14.2. The predicted molar refractivity (Wildman–Crippen MR) is 64.4 cm³/mol. The molecule has 6 heteroatoms. The highest BCUT2D eigenvalue weighted by Crippen LogP contribution is 2.25. The second kappa shape index (κ2) is 4.81. The van der Waals surface area contributed by atoms with Gasteiger partial charge in [0.2, 0.25) is 0 Å². The summed E-state index contributed by atoms with van der Waals surface area (Å²) >= 11 is 0. The lowest BCUT2D eigenvalue weighted by molar-refractivity contribution is -0.254. The lowest BCUT2D eigenvalue weighted by Crippen LogP contribution is -2.35. The van der Waals surface area contributed by atoms with Crippen LogP contribution in [-0.2, 0) is 14.6 Å². The molecule has 0 saturated carbocycles. The van der Waals surface area contributed by atoms with E-state index in [1.165, 1.54) is 7.11 Å². The van der Waals surface area contributed by atoms with E-state index in [4.69, 9.17) is 0 Å². The van der Waals surface area contributed by atoms with Crippen LogP contribution in [-0.4, -0.2) is 36.3 Å². The highest BCUT2D eigenvalue weighted by molar-refractivity contribution is 6.22. The summed E-state index contributed by atoms with van der Waals surface area (Å²) < 4.78 is 0. The van der Waals surface area contributed by atoms with Crippen LogP contribution in [0.2, 0.25) is 0 Å². The molecule has 0 N–H and O–H groups in total. The number of amides is 2. The first-order chi connectivity index (χ1) is 8.95. The zero-order valence-electron chi connectivity index (χ0n) is 10.9. The molecule has 1 aromatic carbocycles. The molecule has 0 fully saturated rings. The lowest BCUT2D eigenvalue weighted by Gasteiger charge is -2.11. The number of fused-ring (bicyclic) bond motifs is 1. The van der Waals surface area contributed by atoms with Crippen molar-refractivity contribution in [1.82, 2.24) is 4.90 Å². The van der Waals surface area contributed by atoms with E-state index in [1.807, 2.05) is 13.8 Å². The molecule has 0 aliphatic carbocycles. The highest BCUT2D eigenvalue weighted by atomic mass is 17.2. The molecule has 1 aliphatic rings. The Morgan fingerprint density at radius 1 is 1.11 bits per heavy atom. The van der Waals surface area contributed by atoms with Gasteiger partial charge in [-0.2, -0.15) is 4.89 Å². The third-order valence-electron chi connectivity index (χ3n) is 3.05. The van der Waals surface area contributed by atoms with Gasteiger partial charge in [0.05, 0.1) is 18.2 Å². The average Bonchev–Trinajstić information content (AvgIpc) is 2.56. The molecule has 19 heavy (non-hydrogen) atoms. The van der Waals surface area contributed by atoms with Crippen molar-refractivity contribution in [2.45, 2.75) is 13.8 Å². The van der Waals surface area contributed by atoms with Crippen LogP contribution < -0.4 is 0 Å². The minimum atomic E-state index is -0.801. The van der Waals surface area contributed by atoms with Gasteiger partial charge < -0.3 is 0 Å². The van der Waals surface area contributed by atoms with Crippen molar-refractivity contribution >= 4 is 17.8 Å². The van der Waals surface area contributed by atoms with Gasteiger partial charge in [-0.15, -0.1) is 0 Å². The van der Waals surface area contributed by atoms with E-state index < -0.39 is 24.3 Å². The first-order valence-corrected chi connectivity index (χ1v) is 5.66. The number of imide groups is 1. The van der Waals surface area contributed by atoms with Crippen molar-refractivity contribution in [3.05, 3.63) is 34.4 Å².